The van der Waals surface area contributed by atoms with Crippen LogP contribution < -0.4 is 11.2 Å². The van der Waals surface area contributed by atoms with Gasteiger partial charge in [0.05, 0.1) is 0 Å². The Labute approximate surface area is 64.5 Å². The third-order valence-corrected chi connectivity index (χ3v) is 1.05. The van der Waals surface area contributed by atoms with Crippen molar-refractivity contribution in [2.75, 3.05) is 0 Å². The molecule has 63 valence electrons. The maximum absolute atomic E-state index is 10.3. The van der Waals surface area contributed by atoms with Gasteiger partial charge in [0.25, 0.3) is 0 Å². The number of hydroxylamine groups is 1. The number of rotatable bonds is 5. The number of amides is 2. The van der Waals surface area contributed by atoms with E-state index < -0.39 is 11.8 Å². The molecule has 0 atom stereocenters. The third-order valence-electron chi connectivity index (χ3n) is 1.05. The standard InChI is InChI=1S/C6H11N2O3/c7-5(9)3-1-2-4-6(10)8-11/h2,11H,1,3-4H2,(H2,7,9)(H,8,10). The Kier molecular flexibility index (Phi) is 5.10. The Balaban J connectivity index is 3.14. The summed E-state index contributed by atoms with van der Waals surface area (Å²) in [6.07, 6.45) is 2.38. The summed E-state index contributed by atoms with van der Waals surface area (Å²) in [6, 6.07) is 0. The van der Waals surface area contributed by atoms with Crippen LogP contribution in [0.15, 0.2) is 0 Å². The Morgan fingerprint density at radius 2 is 2.18 bits per heavy atom. The molecule has 5 heteroatoms. The van der Waals surface area contributed by atoms with Crippen molar-refractivity contribution < 1.29 is 14.8 Å². The summed E-state index contributed by atoms with van der Waals surface area (Å²) in [7, 11) is 0. The van der Waals surface area contributed by atoms with Gasteiger partial charge in [0, 0.05) is 12.8 Å². The van der Waals surface area contributed by atoms with E-state index in [1.54, 1.807) is 6.42 Å². The molecule has 4 N–H and O–H groups in total. The number of carbonyl (C=O) groups is 2. The fourth-order valence-electron chi connectivity index (χ4n) is 0.523. The SMILES string of the molecule is NC(=O)CC[CH]CC(=O)NO. The quantitative estimate of drug-likeness (QED) is 0.283. The molecule has 0 aliphatic rings. The Morgan fingerprint density at radius 1 is 1.55 bits per heavy atom. The highest BCUT2D eigenvalue weighted by molar-refractivity contribution is 5.76. The van der Waals surface area contributed by atoms with Crippen LogP contribution in [0, 0.1) is 6.42 Å². The van der Waals surface area contributed by atoms with Crippen LogP contribution in [0.25, 0.3) is 0 Å². The summed E-state index contributed by atoms with van der Waals surface area (Å²) < 4.78 is 0. The van der Waals surface area contributed by atoms with Crippen LogP contribution in [0.3, 0.4) is 0 Å². The number of unbranched alkanes of at least 4 members (excludes halogenated alkanes) is 1. The number of primary amides is 1. The molecule has 11 heavy (non-hydrogen) atoms. The average molecular weight is 159 g/mol. The summed E-state index contributed by atoms with van der Waals surface area (Å²) in [5, 5.41) is 8.03. The Bertz CT molecular complexity index is 147. The molecular weight excluding hydrogens is 148 g/mol. The van der Waals surface area contributed by atoms with Crippen molar-refractivity contribution in [3.8, 4) is 0 Å². The lowest BCUT2D eigenvalue weighted by Gasteiger charge is -1.96. The number of nitrogens with two attached hydrogens (primary N) is 1. The lowest BCUT2D eigenvalue weighted by molar-refractivity contribution is -0.128. The molecule has 0 aromatic rings. The molecule has 0 aliphatic heterocycles. The van der Waals surface area contributed by atoms with Gasteiger partial charge in [-0.15, -0.1) is 0 Å². The lowest BCUT2D eigenvalue weighted by atomic mass is 10.2. The summed E-state index contributed by atoms with van der Waals surface area (Å²) in [5.74, 6) is -0.889. The highest BCUT2D eigenvalue weighted by Crippen LogP contribution is 1.96. The first-order valence-electron chi connectivity index (χ1n) is 3.19. The molecule has 0 saturated heterocycles. The molecule has 0 heterocycles. The van der Waals surface area contributed by atoms with Crippen molar-refractivity contribution in [2.24, 2.45) is 5.73 Å². The second kappa shape index (κ2) is 5.67. The van der Waals surface area contributed by atoms with Gasteiger partial charge in [0.15, 0.2) is 0 Å². The molecule has 2 amide bonds. The topological polar surface area (TPSA) is 92.4 Å². The van der Waals surface area contributed by atoms with E-state index in [1.807, 2.05) is 0 Å². The molecule has 0 aliphatic carbocycles. The van der Waals surface area contributed by atoms with Crippen LogP contribution in [0.1, 0.15) is 19.3 Å². The van der Waals surface area contributed by atoms with Crippen molar-refractivity contribution in [3.05, 3.63) is 6.42 Å². The van der Waals surface area contributed by atoms with E-state index in [4.69, 9.17) is 10.9 Å². The highest BCUT2D eigenvalue weighted by Gasteiger charge is 1.99. The first-order valence-corrected chi connectivity index (χ1v) is 3.19. The van der Waals surface area contributed by atoms with E-state index in [2.05, 4.69) is 0 Å². The second-order valence-electron chi connectivity index (χ2n) is 2.03. The first-order chi connectivity index (χ1) is 5.16. The second-order valence-corrected chi connectivity index (χ2v) is 2.03. The van der Waals surface area contributed by atoms with Gasteiger partial charge < -0.3 is 5.73 Å². The zero-order chi connectivity index (χ0) is 8.69. The van der Waals surface area contributed by atoms with Gasteiger partial charge in [-0.25, -0.2) is 5.48 Å². The molecule has 0 aromatic carbocycles. The van der Waals surface area contributed by atoms with Crippen LogP contribution in [0.5, 0.6) is 0 Å². The minimum Gasteiger partial charge on any atom is -0.370 e. The molecule has 0 rings (SSSR count). The van der Waals surface area contributed by atoms with Crippen molar-refractivity contribution in [1.29, 1.82) is 0 Å². The van der Waals surface area contributed by atoms with Crippen LogP contribution in [0.4, 0.5) is 0 Å². The maximum Gasteiger partial charge on any atom is 0.243 e. The van der Waals surface area contributed by atoms with E-state index in [9.17, 15) is 9.59 Å². The van der Waals surface area contributed by atoms with Crippen LogP contribution >= 0.6 is 0 Å². The van der Waals surface area contributed by atoms with Gasteiger partial charge in [-0.1, -0.05) is 0 Å². The van der Waals surface area contributed by atoms with Gasteiger partial charge in [0.2, 0.25) is 11.8 Å². The lowest BCUT2D eigenvalue weighted by Crippen LogP contribution is -2.18. The van der Waals surface area contributed by atoms with E-state index in [0.717, 1.165) is 0 Å². The zero-order valence-corrected chi connectivity index (χ0v) is 6.04. The van der Waals surface area contributed by atoms with E-state index in [0.29, 0.717) is 6.42 Å². The molecule has 0 saturated carbocycles. The monoisotopic (exact) mass is 159 g/mol. The summed E-state index contributed by atoms with van der Waals surface area (Å²) >= 11 is 0. The van der Waals surface area contributed by atoms with E-state index in [1.165, 1.54) is 5.48 Å². The molecule has 1 radical (unpaired) electrons. The van der Waals surface area contributed by atoms with Gasteiger partial charge >= 0.3 is 0 Å². The van der Waals surface area contributed by atoms with Crippen LogP contribution in [-0.2, 0) is 9.59 Å². The number of hydrogen-bond donors (Lipinski definition) is 3. The molecule has 0 unspecified atom stereocenters. The van der Waals surface area contributed by atoms with Crippen molar-refractivity contribution in [3.63, 3.8) is 0 Å². The van der Waals surface area contributed by atoms with E-state index >= 15 is 0 Å². The smallest absolute Gasteiger partial charge is 0.243 e. The molecule has 0 fully saturated rings. The predicted octanol–water partition coefficient (Wildman–Crippen LogP) is -0.648. The largest absolute Gasteiger partial charge is 0.370 e. The first kappa shape index (κ1) is 9.90. The number of carbonyl (C=O) groups excluding carboxylic acids is 2. The number of hydrogen-bond acceptors (Lipinski definition) is 3. The van der Waals surface area contributed by atoms with Gasteiger partial charge in [-0.3, -0.25) is 14.8 Å². The Hall–Kier alpha value is -1.10. The maximum atomic E-state index is 10.3. The molecule has 5 nitrogen and oxygen atoms in total. The van der Waals surface area contributed by atoms with Gasteiger partial charge in [-0.05, 0) is 12.8 Å². The summed E-state index contributed by atoms with van der Waals surface area (Å²) in [5.41, 5.74) is 6.30. The molecule has 0 bridgehead atoms. The average Bonchev–Trinajstić information content (AvgIpc) is 1.97. The fraction of sp³-hybridized carbons (Fsp3) is 0.500. The van der Waals surface area contributed by atoms with Crippen molar-refractivity contribution in [1.82, 2.24) is 5.48 Å². The normalized spacial score (nSPS) is 9.18. The molecule has 0 spiro atoms. The minimum atomic E-state index is -0.491. The number of nitrogens with one attached hydrogen (secondary N) is 1. The minimum absolute atomic E-state index is 0.101. The predicted molar refractivity (Wildman–Crippen MR) is 37.3 cm³/mol. The van der Waals surface area contributed by atoms with Crippen molar-refractivity contribution >= 4 is 11.8 Å². The third kappa shape index (κ3) is 6.79. The van der Waals surface area contributed by atoms with Gasteiger partial charge in [0.1, 0.15) is 0 Å². The van der Waals surface area contributed by atoms with Crippen molar-refractivity contribution in [2.45, 2.75) is 19.3 Å². The zero-order valence-electron chi connectivity index (χ0n) is 6.04. The summed E-state index contributed by atoms with van der Waals surface area (Å²) in [6.45, 7) is 0. The van der Waals surface area contributed by atoms with Gasteiger partial charge in [-0.2, -0.15) is 0 Å². The molecular formula is C6H11N2O3. The molecule has 0 aromatic heterocycles. The van der Waals surface area contributed by atoms with E-state index in [-0.39, 0.29) is 12.8 Å². The fourth-order valence-corrected chi connectivity index (χ4v) is 0.523. The highest BCUT2D eigenvalue weighted by atomic mass is 16.5. The summed E-state index contributed by atoms with van der Waals surface area (Å²) in [4.78, 5) is 20.5. The Morgan fingerprint density at radius 3 is 2.64 bits per heavy atom. The van der Waals surface area contributed by atoms with Crippen LogP contribution in [0.2, 0.25) is 0 Å². The van der Waals surface area contributed by atoms with Crippen LogP contribution in [-0.4, -0.2) is 17.0 Å².